The molecule has 0 fully saturated rings. The van der Waals surface area contributed by atoms with Gasteiger partial charge in [-0.15, -0.1) is 0 Å². The number of anilines is 3. The third-order valence-corrected chi connectivity index (χ3v) is 3.52. The quantitative estimate of drug-likeness (QED) is 0.674. The number of nitrogens with one attached hydrogen (secondary N) is 2. The maximum absolute atomic E-state index is 12.4. The van der Waals surface area contributed by atoms with Gasteiger partial charge in [-0.05, 0) is 48.9 Å². The number of benzene rings is 3. The summed E-state index contributed by atoms with van der Waals surface area (Å²) in [7, 11) is 0. The molecule has 0 saturated heterocycles. The third-order valence-electron chi connectivity index (χ3n) is 3.52. The SMILES string of the molecule is Cc1cccc(NC(=O)NN(c2ccccc2)c2ccccc2)c1. The summed E-state index contributed by atoms with van der Waals surface area (Å²) >= 11 is 0. The number of urea groups is 1. The van der Waals surface area contributed by atoms with Crippen LogP contribution in [0.15, 0.2) is 84.9 Å². The molecule has 0 aliphatic carbocycles. The predicted octanol–water partition coefficient (Wildman–Crippen LogP) is 4.87. The molecular formula is C20H19N3O. The molecule has 3 aromatic carbocycles. The Bertz CT molecular complexity index is 764. The topological polar surface area (TPSA) is 44.4 Å². The van der Waals surface area contributed by atoms with Crippen molar-refractivity contribution in [2.45, 2.75) is 6.92 Å². The normalized spacial score (nSPS) is 10.0. The molecule has 4 nitrogen and oxygen atoms in total. The standard InChI is InChI=1S/C20H19N3O/c1-16-9-8-10-17(15-16)21-20(24)22-23(18-11-4-2-5-12-18)19-13-6-3-7-14-19/h2-15H,1H3,(H2,21,22,24). The van der Waals surface area contributed by atoms with Gasteiger partial charge in [0, 0.05) is 5.69 Å². The summed E-state index contributed by atoms with van der Waals surface area (Å²) in [4.78, 5) is 12.4. The summed E-state index contributed by atoms with van der Waals surface area (Å²) in [5.41, 5.74) is 6.51. The first kappa shape index (κ1) is 15.6. The van der Waals surface area contributed by atoms with Crippen LogP contribution in [0.5, 0.6) is 0 Å². The summed E-state index contributed by atoms with van der Waals surface area (Å²) in [6.07, 6.45) is 0. The average Bonchev–Trinajstić information content (AvgIpc) is 2.61. The van der Waals surface area contributed by atoms with Gasteiger partial charge >= 0.3 is 6.03 Å². The Kier molecular flexibility index (Phi) is 4.77. The first-order chi connectivity index (χ1) is 11.7. The molecule has 0 spiro atoms. The number of nitrogens with zero attached hydrogens (tertiary/aromatic N) is 1. The molecular weight excluding hydrogens is 298 g/mol. The van der Waals surface area contributed by atoms with Gasteiger partial charge in [0.1, 0.15) is 0 Å². The molecule has 3 rings (SSSR count). The molecule has 2 N–H and O–H groups in total. The van der Waals surface area contributed by atoms with Crippen molar-refractivity contribution in [3.8, 4) is 0 Å². The molecule has 24 heavy (non-hydrogen) atoms. The zero-order chi connectivity index (χ0) is 16.8. The first-order valence-electron chi connectivity index (χ1n) is 7.77. The van der Waals surface area contributed by atoms with Crippen molar-refractivity contribution in [3.63, 3.8) is 0 Å². The van der Waals surface area contributed by atoms with Gasteiger partial charge in [0.2, 0.25) is 0 Å². The summed E-state index contributed by atoms with van der Waals surface area (Å²) in [6.45, 7) is 1.99. The van der Waals surface area contributed by atoms with Crippen LogP contribution in [0.1, 0.15) is 5.56 Å². The fourth-order valence-corrected chi connectivity index (χ4v) is 2.42. The van der Waals surface area contributed by atoms with Crippen molar-refractivity contribution in [3.05, 3.63) is 90.5 Å². The largest absolute Gasteiger partial charge is 0.338 e. The van der Waals surface area contributed by atoms with Crippen molar-refractivity contribution < 1.29 is 4.79 Å². The molecule has 0 aliphatic rings. The summed E-state index contributed by atoms with van der Waals surface area (Å²) in [5.74, 6) is 0. The van der Waals surface area contributed by atoms with E-state index in [-0.39, 0.29) is 6.03 Å². The van der Waals surface area contributed by atoms with Crippen molar-refractivity contribution in [1.29, 1.82) is 0 Å². The molecule has 120 valence electrons. The fraction of sp³-hybridized carbons (Fsp3) is 0.0500. The minimum absolute atomic E-state index is 0.298. The Morgan fingerprint density at radius 3 is 1.92 bits per heavy atom. The fourth-order valence-electron chi connectivity index (χ4n) is 2.42. The van der Waals surface area contributed by atoms with E-state index < -0.39 is 0 Å². The number of carbonyl (C=O) groups excluding carboxylic acids is 1. The van der Waals surface area contributed by atoms with Crippen molar-refractivity contribution in [1.82, 2.24) is 5.43 Å². The van der Waals surface area contributed by atoms with Gasteiger partial charge in [-0.3, -0.25) is 5.01 Å². The van der Waals surface area contributed by atoms with Gasteiger partial charge in [0.05, 0.1) is 11.4 Å². The zero-order valence-electron chi connectivity index (χ0n) is 13.4. The number of para-hydroxylation sites is 2. The minimum atomic E-state index is -0.298. The molecule has 0 atom stereocenters. The third kappa shape index (κ3) is 3.93. The summed E-state index contributed by atoms with van der Waals surface area (Å²) < 4.78 is 0. The van der Waals surface area contributed by atoms with Gasteiger partial charge < -0.3 is 5.32 Å². The smallest absolute Gasteiger partial charge is 0.307 e. The number of hydrazine groups is 1. The lowest BCUT2D eigenvalue weighted by Gasteiger charge is -2.25. The Morgan fingerprint density at radius 2 is 1.38 bits per heavy atom. The molecule has 0 radical (unpaired) electrons. The van der Waals surface area contributed by atoms with E-state index in [9.17, 15) is 4.79 Å². The van der Waals surface area contributed by atoms with E-state index in [1.54, 1.807) is 5.01 Å². The number of carbonyl (C=O) groups is 1. The number of rotatable bonds is 4. The highest BCUT2D eigenvalue weighted by Crippen LogP contribution is 2.22. The van der Waals surface area contributed by atoms with E-state index in [0.29, 0.717) is 0 Å². The lowest BCUT2D eigenvalue weighted by Crippen LogP contribution is -2.41. The molecule has 4 heteroatoms. The van der Waals surface area contributed by atoms with Crippen molar-refractivity contribution in [2.75, 3.05) is 10.3 Å². The lowest BCUT2D eigenvalue weighted by molar-refractivity contribution is 0.252. The molecule has 0 bridgehead atoms. The van der Waals surface area contributed by atoms with Crippen LogP contribution in [0.2, 0.25) is 0 Å². The second-order valence-electron chi connectivity index (χ2n) is 5.44. The molecule has 0 aromatic heterocycles. The van der Waals surface area contributed by atoms with Crippen molar-refractivity contribution in [2.24, 2.45) is 0 Å². The van der Waals surface area contributed by atoms with Crippen LogP contribution in [0.4, 0.5) is 21.9 Å². The molecule has 2 amide bonds. The van der Waals surface area contributed by atoms with Crippen LogP contribution < -0.4 is 15.8 Å². The van der Waals surface area contributed by atoms with Crippen LogP contribution >= 0.6 is 0 Å². The number of aryl methyl sites for hydroxylation is 1. The number of hydrogen-bond acceptors (Lipinski definition) is 2. The number of hydrogen-bond donors (Lipinski definition) is 2. The second kappa shape index (κ2) is 7.33. The summed E-state index contributed by atoms with van der Waals surface area (Å²) in [6, 6.07) is 26.8. The number of amides is 2. The van der Waals surface area contributed by atoms with E-state index in [4.69, 9.17) is 0 Å². The summed E-state index contributed by atoms with van der Waals surface area (Å²) in [5, 5.41) is 4.62. The Balaban J connectivity index is 1.80. The average molecular weight is 317 g/mol. The van der Waals surface area contributed by atoms with Crippen LogP contribution in [0.25, 0.3) is 0 Å². The Morgan fingerprint density at radius 1 is 0.792 bits per heavy atom. The molecule has 0 unspecified atom stereocenters. The minimum Gasteiger partial charge on any atom is -0.307 e. The molecule has 0 saturated carbocycles. The predicted molar refractivity (Wildman–Crippen MR) is 98.4 cm³/mol. The van der Waals surface area contributed by atoms with Gasteiger partial charge in [0.25, 0.3) is 0 Å². The van der Waals surface area contributed by atoms with E-state index >= 15 is 0 Å². The monoisotopic (exact) mass is 317 g/mol. The maximum Gasteiger partial charge on any atom is 0.338 e. The second-order valence-corrected chi connectivity index (χ2v) is 5.44. The van der Waals surface area contributed by atoms with Crippen LogP contribution in [-0.2, 0) is 0 Å². The Hall–Kier alpha value is -3.27. The van der Waals surface area contributed by atoms with E-state index in [2.05, 4.69) is 10.7 Å². The zero-order valence-corrected chi connectivity index (χ0v) is 13.4. The molecule has 3 aromatic rings. The molecule has 0 aliphatic heterocycles. The van der Waals surface area contributed by atoms with Crippen LogP contribution in [0.3, 0.4) is 0 Å². The van der Waals surface area contributed by atoms with Gasteiger partial charge in [-0.2, -0.15) is 0 Å². The highest BCUT2D eigenvalue weighted by atomic mass is 16.2. The van der Waals surface area contributed by atoms with E-state index in [1.165, 1.54) is 0 Å². The Labute approximate surface area is 141 Å². The van der Waals surface area contributed by atoms with Gasteiger partial charge in [0.15, 0.2) is 0 Å². The van der Waals surface area contributed by atoms with Crippen LogP contribution in [-0.4, -0.2) is 6.03 Å². The van der Waals surface area contributed by atoms with Crippen LogP contribution in [0, 0.1) is 6.92 Å². The highest BCUT2D eigenvalue weighted by molar-refractivity contribution is 5.91. The first-order valence-corrected chi connectivity index (χ1v) is 7.77. The van der Waals surface area contributed by atoms with E-state index in [0.717, 1.165) is 22.6 Å². The lowest BCUT2D eigenvalue weighted by atomic mass is 10.2. The van der Waals surface area contributed by atoms with Crippen molar-refractivity contribution >= 4 is 23.1 Å². The maximum atomic E-state index is 12.4. The highest BCUT2D eigenvalue weighted by Gasteiger charge is 2.12. The van der Waals surface area contributed by atoms with Gasteiger partial charge in [-0.25, -0.2) is 10.2 Å². The van der Waals surface area contributed by atoms with E-state index in [1.807, 2.05) is 91.9 Å². The molecule has 0 heterocycles. The van der Waals surface area contributed by atoms with Gasteiger partial charge in [-0.1, -0.05) is 48.5 Å².